The van der Waals surface area contributed by atoms with Crippen molar-refractivity contribution in [3.05, 3.63) is 60.7 Å². The number of amides is 1. The van der Waals surface area contributed by atoms with Gasteiger partial charge in [-0.25, -0.2) is 0 Å². The summed E-state index contributed by atoms with van der Waals surface area (Å²) in [5, 5.41) is 0. The fraction of sp³-hybridized carbons (Fsp3) is 0.389. The largest absolute Gasteiger partial charge is 0.364 e. The number of rotatable bonds is 5. The van der Waals surface area contributed by atoms with E-state index < -0.39 is 6.10 Å². The molecule has 0 aromatic heterocycles. The van der Waals surface area contributed by atoms with Crippen molar-refractivity contribution in [2.75, 3.05) is 6.61 Å². The Morgan fingerprint density at radius 3 is 2.82 bits per heavy atom. The van der Waals surface area contributed by atoms with Crippen LogP contribution in [-0.4, -0.2) is 41.3 Å². The van der Waals surface area contributed by atoms with E-state index in [4.69, 9.17) is 9.47 Å². The molecule has 0 N–H and O–H groups in total. The molecule has 4 heteroatoms. The average Bonchev–Trinajstić information content (AvgIpc) is 3.16. The molecule has 3 aliphatic rings. The van der Waals surface area contributed by atoms with Crippen molar-refractivity contribution >= 4 is 5.91 Å². The summed E-state index contributed by atoms with van der Waals surface area (Å²) < 4.78 is 11.7. The van der Waals surface area contributed by atoms with Crippen LogP contribution in [0.25, 0.3) is 0 Å². The number of hydrogen-bond acceptors (Lipinski definition) is 3. The van der Waals surface area contributed by atoms with Gasteiger partial charge in [-0.05, 0) is 5.56 Å². The second-order valence-electron chi connectivity index (χ2n) is 6.09. The highest BCUT2D eigenvalue weighted by molar-refractivity contribution is 5.91. The first kappa shape index (κ1) is 13.7. The molecule has 2 bridgehead atoms. The van der Waals surface area contributed by atoms with Gasteiger partial charge in [0.15, 0.2) is 6.10 Å². The van der Waals surface area contributed by atoms with Crippen LogP contribution in [0.4, 0.5) is 0 Å². The first-order valence-electron chi connectivity index (χ1n) is 7.67. The van der Waals surface area contributed by atoms with E-state index in [9.17, 15) is 4.79 Å². The van der Waals surface area contributed by atoms with E-state index in [1.54, 1.807) is 6.08 Å². The van der Waals surface area contributed by atoms with Crippen LogP contribution in [0.5, 0.6) is 0 Å². The molecule has 0 aliphatic carbocycles. The lowest BCUT2D eigenvalue weighted by Gasteiger charge is -2.57. The fourth-order valence-electron chi connectivity index (χ4n) is 3.87. The number of carbonyl (C=O) groups is 1. The fourth-order valence-corrected chi connectivity index (χ4v) is 3.87. The Morgan fingerprint density at radius 2 is 2.18 bits per heavy atom. The van der Waals surface area contributed by atoms with Crippen LogP contribution in [0, 0.1) is 0 Å². The molecule has 0 unspecified atom stereocenters. The lowest BCUT2D eigenvalue weighted by atomic mass is 9.71. The summed E-state index contributed by atoms with van der Waals surface area (Å²) in [5.74, 6) is 0.0512. The Morgan fingerprint density at radius 1 is 1.36 bits per heavy atom. The Balaban J connectivity index is 1.62. The lowest BCUT2D eigenvalue weighted by molar-refractivity contribution is -0.200. The molecule has 1 amide bonds. The lowest BCUT2D eigenvalue weighted by Crippen LogP contribution is -2.77. The van der Waals surface area contributed by atoms with Gasteiger partial charge in [0.05, 0.1) is 12.7 Å². The molecule has 1 aromatic carbocycles. The van der Waals surface area contributed by atoms with E-state index in [0.29, 0.717) is 13.2 Å². The van der Waals surface area contributed by atoms with Crippen molar-refractivity contribution in [1.29, 1.82) is 0 Å². The molecular weight excluding hydrogens is 278 g/mol. The Bertz CT molecular complexity index is 626. The molecular formula is C18H19NO3. The molecule has 4 rings (SSSR count). The van der Waals surface area contributed by atoms with E-state index in [1.165, 1.54) is 0 Å². The average molecular weight is 297 g/mol. The van der Waals surface area contributed by atoms with Gasteiger partial charge in [-0.1, -0.05) is 48.6 Å². The molecule has 114 valence electrons. The molecule has 0 radical (unpaired) electrons. The Labute approximate surface area is 130 Å². The minimum atomic E-state index is -0.422. The molecule has 4 nitrogen and oxygen atoms in total. The van der Waals surface area contributed by atoms with E-state index >= 15 is 0 Å². The molecule has 1 spiro atoms. The molecule has 2 saturated heterocycles. The van der Waals surface area contributed by atoms with Gasteiger partial charge >= 0.3 is 0 Å². The summed E-state index contributed by atoms with van der Waals surface area (Å²) >= 11 is 0. The monoisotopic (exact) mass is 297 g/mol. The quantitative estimate of drug-likeness (QED) is 0.617. The van der Waals surface area contributed by atoms with Crippen molar-refractivity contribution < 1.29 is 14.3 Å². The summed E-state index contributed by atoms with van der Waals surface area (Å²) in [4.78, 5) is 14.5. The molecule has 0 saturated carbocycles. The van der Waals surface area contributed by atoms with Gasteiger partial charge in [0.2, 0.25) is 0 Å². The van der Waals surface area contributed by atoms with Crippen LogP contribution in [0.2, 0.25) is 0 Å². The number of ether oxygens (including phenoxy) is 2. The molecule has 1 aromatic rings. The normalized spacial score (nSPS) is 35.2. The third-order valence-corrected chi connectivity index (χ3v) is 4.85. The smallest absolute Gasteiger partial charge is 0.255 e. The van der Waals surface area contributed by atoms with Crippen LogP contribution in [-0.2, 0) is 20.8 Å². The standard InChI is InChI=1S/C18H19NO3/c1-2-10-21-16-17(20)19(12-13-6-4-3-5-7-13)18(16)11-14-8-9-15(18)22-14/h2-9,14-16H,1,10-12H2/t14-,15+,16-,18+/m1/s1. The number of likely N-dealkylation sites (tertiary alicyclic amines) is 1. The number of benzene rings is 1. The number of β-lactam (4-membered cyclic amide) rings is 1. The summed E-state index contributed by atoms with van der Waals surface area (Å²) in [6.45, 7) is 4.66. The highest BCUT2D eigenvalue weighted by Crippen LogP contribution is 2.51. The van der Waals surface area contributed by atoms with Gasteiger partial charge in [0.25, 0.3) is 5.91 Å². The first-order chi connectivity index (χ1) is 10.8. The van der Waals surface area contributed by atoms with Gasteiger partial charge in [0.1, 0.15) is 11.6 Å². The maximum atomic E-state index is 12.6. The molecule has 2 fully saturated rings. The maximum absolute atomic E-state index is 12.6. The van der Waals surface area contributed by atoms with Crippen LogP contribution in [0.1, 0.15) is 12.0 Å². The second-order valence-corrected chi connectivity index (χ2v) is 6.09. The minimum absolute atomic E-state index is 0.0512. The number of fused-ring (bicyclic) bond motifs is 3. The van der Waals surface area contributed by atoms with Gasteiger partial charge < -0.3 is 14.4 Å². The van der Waals surface area contributed by atoms with E-state index in [1.807, 2.05) is 35.2 Å². The summed E-state index contributed by atoms with van der Waals surface area (Å²) in [5.41, 5.74) is 0.777. The van der Waals surface area contributed by atoms with Gasteiger partial charge in [-0.2, -0.15) is 0 Å². The summed E-state index contributed by atoms with van der Waals surface area (Å²) in [7, 11) is 0. The SMILES string of the molecule is C=CCO[C@@H]1C(=O)N(Cc2ccccc2)[C@]12C[C@H]1C=C[C@@H]2O1. The van der Waals surface area contributed by atoms with Crippen molar-refractivity contribution in [2.45, 2.75) is 36.8 Å². The zero-order valence-corrected chi connectivity index (χ0v) is 12.4. The number of nitrogens with zero attached hydrogens (tertiary/aromatic N) is 1. The highest BCUT2D eigenvalue weighted by Gasteiger charge is 2.69. The van der Waals surface area contributed by atoms with Crippen molar-refractivity contribution in [3.8, 4) is 0 Å². The second kappa shape index (κ2) is 5.07. The Kier molecular flexibility index (Phi) is 3.17. The topological polar surface area (TPSA) is 38.8 Å². The van der Waals surface area contributed by atoms with Crippen LogP contribution >= 0.6 is 0 Å². The van der Waals surface area contributed by atoms with Crippen LogP contribution in [0.15, 0.2) is 55.1 Å². The van der Waals surface area contributed by atoms with Crippen molar-refractivity contribution in [2.24, 2.45) is 0 Å². The highest BCUT2D eigenvalue weighted by atomic mass is 16.5. The predicted octanol–water partition coefficient (Wildman–Crippen LogP) is 2.07. The first-order valence-corrected chi connectivity index (χ1v) is 7.67. The van der Waals surface area contributed by atoms with E-state index in [-0.39, 0.29) is 23.7 Å². The molecule has 22 heavy (non-hydrogen) atoms. The summed E-state index contributed by atoms with van der Waals surface area (Å²) in [6, 6.07) is 10.1. The minimum Gasteiger partial charge on any atom is -0.364 e. The van der Waals surface area contributed by atoms with Crippen LogP contribution in [0.3, 0.4) is 0 Å². The molecule has 3 aliphatic heterocycles. The summed E-state index contributed by atoms with van der Waals surface area (Å²) in [6.07, 6.45) is 6.28. The third-order valence-electron chi connectivity index (χ3n) is 4.85. The third kappa shape index (κ3) is 1.81. The zero-order chi connectivity index (χ0) is 15.2. The predicted molar refractivity (Wildman–Crippen MR) is 82.1 cm³/mol. The number of hydrogen-bond donors (Lipinski definition) is 0. The van der Waals surface area contributed by atoms with Gasteiger partial charge in [-0.15, -0.1) is 6.58 Å². The molecule has 3 heterocycles. The van der Waals surface area contributed by atoms with E-state index in [2.05, 4.69) is 18.7 Å². The zero-order valence-electron chi connectivity index (χ0n) is 12.4. The Hall–Kier alpha value is -1.91. The van der Waals surface area contributed by atoms with Crippen molar-refractivity contribution in [1.82, 2.24) is 4.90 Å². The molecule has 4 atom stereocenters. The van der Waals surface area contributed by atoms with Gasteiger partial charge in [-0.3, -0.25) is 4.79 Å². The van der Waals surface area contributed by atoms with Crippen molar-refractivity contribution in [3.63, 3.8) is 0 Å². The van der Waals surface area contributed by atoms with Crippen LogP contribution < -0.4 is 0 Å². The van der Waals surface area contributed by atoms with Gasteiger partial charge in [0, 0.05) is 13.0 Å². The maximum Gasteiger partial charge on any atom is 0.255 e. The van der Waals surface area contributed by atoms with E-state index in [0.717, 1.165) is 12.0 Å². The number of carbonyl (C=O) groups excluding carboxylic acids is 1.